The number of carbonyl (C=O) groups is 1. The van der Waals surface area contributed by atoms with Gasteiger partial charge in [0.25, 0.3) is 5.91 Å². The van der Waals surface area contributed by atoms with Crippen LogP contribution in [0.1, 0.15) is 50.7 Å². The first-order chi connectivity index (χ1) is 16.5. The topological polar surface area (TPSA) is 76.1 Å². The maximum Gasteiger partial charge on any atom is 0.256 e. The molecule has 2 heterocycles. The number of ether oxygens (including phenoxy) is 1. The molecule has 0 bridgehead atoms. The second kappa shape index (κ2) is 10.5. The molecule has 7 heteroatoms. The molecule has 0 saturated carbocycles. The van der Waals surface area contributed by atoms with Gasteiger partial charge in [-0.05, 0) is 62.2 Å². The fraction of sp³-hybridized carbons (Fsp3) is 0.222. The molecule has 174 valence electrons. The van der Waals surface area contributed by atoms with Crippen LogP contribution in [0.2, 0.25) is 0 Å². The van der Waals surface area contributed by atoms with Gasteiger partial charge in [0.1, 0.15) is 10.8 Å². The minimum absolute atomic E-state index is 0.140. The van der Waals surface area contributed by atoms with E-state index >= 15 is 0 Å². The molecule has 1 unspecified atom stereocenters. The molecule has 0 aliphatic heterocycles. The average molecular weight is 473 g/mol. The number of hydrogen-bond donors (Lipinski definition) is 2. The number of thiophene rings is 1. The summed E-state index contributed by atoms with van der Waals surface area (Å²) in [5, 5.41) is 7.45. The highest BCUT2D eigenvalue weighted by molar-refractivity contribution is 7.16. The van der Waals surface area contributed by atoms with Gasteiger partial charge in [0.05, 0.1) is 13.2 Å². The van der Waals surface area contributed by atoms with E-state index in [2.05, 4.69) is 33.6 Å². The summed E-state index contributed by atoms with van der Waals surface area (Å²) < 4.78 is 5.48. The molecule has 1 amide bonds. The number of methoxy groups -OCH3 is 1. The molecule has 1 atom stereocenters. The van der Waals surface area contributed by atoms with Crippen LogP contribution in [0.15, 0.2) is 66.7 Å². The number of aryl methyl sites for hydroxylation is 3. The van der Waals surface area contributed by atoms with Crippen molar-refractivity contribution in [2.45, 2.75) is 33.2 Å². The lowest BCUT2D eigenvalue weighted by Gasteiger charge is -2.21. The van der Waals surface area contributed by atoms with Gasteiger partial charge in [-0.15, -0.1) is 11.3 Å². The second-order valence-corrected chi connectivity index (χ2v) is 9.14. The molecule has 0 fully saturated rings. The number of anilines is 2. The molecule has 0 aliphatic carbocycles. The van der Waals surface area contributed by atoms with E-state index in [1.54, 1.807) is 18.4 Å². The first-order valence-electron chi connectivity index (χ1n) is 11.2. The normalized spacial score (nSPS) is 11.6. The Labute approximate surface area is 204 Å². The third kappa shape index (κ3) is 5.43. The Bertz CT molecular complexity index is 1270. The Morgan fingerprint density at radius 1 is 1.00 bits per heavy atom. The monoisotopic (exact) mass is 472 g/mol. The number of aromatic nitrogens is 2. The Morgan fingerprint density at radius 3 is 2.41 bits per heavy atom. The van der Waals surface area contributed by atoms with Crippen LogP contribution in [0.25, 0.3) is 0 Å². The highest BCUT2D eigenvalue weighted by atomic mass is 32.1. The van der Waals surface area contributed by atoms with Gasteiger partial charge >= 0.3 is 0 Å². The summed E-state index contributed by atoms with van der Waals surface area (Å²) in [6, 6.07) is 20.9. The summed E-state index contributed by atoms with van der Waals surface area (Å²) in [5.41, 5.74) is 4.33. The molecule has 4 rings (SSSR count). The molecule has 0 saturated heterocycles. The molecule has 34 heavy (non-hydrogen) atoms. The van der Waals surface area contributed by atoms with Gasteiger partial charge in [-0.3, -0.25) is 4.79 Å². The van der Waals surface area contributed by atoms with Crippen LogP contribution in [-0.2, 0) is 6.42 Å². The van der Waals surface area contributed by atoms with Gasteiger partial charge < -0.3 is 15.4 Å². The summed E-state index contributed by atoms with van der Waals surface area (Å²) >= 11 is 1.59. The zero-order valence-electron chi connectivity index (χ0n) is 19.8. The first kappa shape index (κ1) is 23.4. The molecule has 2 aromatic heterocycles. The van der Waals surface area contributed by atoms with Crippen LogP contribution in [0, 0.1) is 13.8 Å². The fourth-order valence-electron chi connectivity index (χ4n) is 3.79. The van der Waals surface area contributed by atoms with Crippen molar-refractivity contribution < 1.29 is 9.53 Å². The second-order valence-electron chi connectivity index (χ2n) is 8.00. The van der Waals surface area contributed by atoms with E-state index < -0.39 is 0 Å². The summed E-state index contributed by atoms with van der Waals surface area (Å²) in [5.74, 6) is 1.15. The minimum Gasteiger partial charge on any atom is -0.497 e. The molecule has 0 spiro atoms. The predicted octanol–water partition coefficient (Wildman–Crippen LogP) is 6.18. The summed E-state index contributed by atoms with van der Waals surface area (Å²) in [7, 11) is 1.65. The van der Waals surface area contributed by atoms with E-state index in [-0.39, 0.29) is 11.9 Å². The fourth-order valence-corrected chi connectivity index (χ4v) is 4.82. The quantitative estimate of drug-likeness (QED) is 0.320. The van der Waals surface area contributed by atoms with Crippen molar-refractivity contribution in [1.29, 1.82) is 0 Å². The van der Waals surface area contributed by atoms with Crippen molar-refractivity contribution in [2.24, 2.45) is 0 Å². The van der Waals surface area contributed by atoms with Gasteiger partial charge in [-0.1, -0.05) is 37.3 Å². The smallest absolute Gasteiger partial charge is 0.256 e. The number of carbonyl (C=O) groups excluding carboxylic acids is 1. The van der Waals surface area contributed by atoms with Crippen molar-refractivity contribution in [3.8, 4) is 5.75 Å². The van der Waals surface area contributed by atoms with E-state index in [1.807, 2.05) is 74.5 Å². The van der Waals surface area contributed by atoms with Crippen LogP contribution in [0.3, 0.4) is 0 Å². The van der Waals surface area contributed by atoms with Crippen molar-refractivity contribution in [1.82, 2.24) is 9.97 Å². The zero-order valence-corrected chi connectivity index (χ0v) is 20.6. The molecule has 0 aliphatic rings. The number of benzene rings is 2. The van der Waals surface area contributed by atoms with Crippen molar-refractivity contribution >= 4 is 28.2 Å². The van der Waals surface area contributed by atoms with Gasteiger partial charge in [0.2, 0.25) is 5.95 Å². The van der Waals surface area contributed by atoms with E-state index in [0.717, 1.165) is 39.7 Å². The van der Waals surface area contributed by atoms with Crippen LogP contribution >= 0.6 is 11.3 Å². The van der Waals surface area contributed by atoms with Gasteiger partial charge in [-0.25, -0.2) is 9.97 Å². The van der Waals surface area contributed by atoms with Crippen LogP contribution in [0.5, 0.6) is 5.75 Å². The van der Waals surface area contributed by atoms with Crippen molar-refractivity contribution in [3.05, 3.63) is 99.7 Å². The molecule has 2 N–H and O–H groups in total. The number of nitrogens with zero attached hydrogens (tertiary/aromatic N) is 2. The molecular formula is C27H28N4O2S. The SMILES string of the molecule is CCc1cc(C(Nc2nc(C)cc(C)n2)c2cccc(OC)c2)c(NC(=O)c2ccccc2)s1. The van der Waals surface area contributed by atoms with Crippen LogP contribution < -0.4 is 15.4 Å². The lowest BCUT2D eigenvalue weighted by Crippen LogP contribution is -2.18. The summed E-state index contributed by atoms with van der Waals surface area (Å²) in [6.45, 7) is 6.01. The molecule has 6 nitrogen and oxygen atoms in total. The average Bonchev–Trinajstić information content (AvgIpc) is 3.25. The van der Waals surface area contributed by atoms with Gasteiger partial charge in [-0.2, -0.15) is 0 Å². The number of hydrogen-bond acceptors (Lipinski definition) is 6. The number of nitrogens with one attached hydrogen (secondary N) is 2. The van der Waals surface area contributed by atoms with Crippen LogP contribution in [0.4, 0.5) is 10.9 Å². The minimum atomic E-state index is -0.293. The summed E-state index contributed by atoms with van der Waals surface area (Å²) in [4.78, 5) is 23.4. The molecule has 0 radical (unpaired) electrons. The lowest BCUT2D eigenvalue weighted by atomic mass is 9.99. The zero-order chi connectivity index (χ0) is 24.1. The van der Waals surface area contributed by atoms with Crippen LogP contribution in [-0.4, -0.2) is 23.0 Å². The van der Waals surface area contributed by atoms with E-state index in [9.17, 15) is 4.79 Å². The third-order valence-electron chi connectivity index (χ3n) is 5.42. The maximum atomic E-state index is 13.0. The third-order valence-corrected chi connectivity index (χ3v) is 6.63. The first-order valence-corrected chi connectivity index (χ1v) is 12.0. The standard InChI is InChI=1S/C27H28N4O2S/c1-5-22-16-23(26(34-22)31-25(32)19-10-7-6-8-11-19)24(20-12-9-13-21(15-20)33-4)30-27-28-17(2)14-18(3)29-27/h6-16,24H,5H2,1-4H3,(H,31,32)(H,28,29,30). The Kier molecular flexibility index (Phi) is 7.23. The highest BCUT2D eigenvalue weighted by Crippen LogP contribution is 2.38. The molecule has 4 aromatic rings. The molecule has 2 aromatic carbocycles. The predicted molar refractivity (Wildman–Crippen MR) is 138 cm³/mol. The Balaban J connectivity index is 1.78. The van der Waals surface area contributed by atoms with E-state index in [1.165, 1.54) is 4.88 Å². The highest BCUT2D eigenvalue weighted by Gasteiger charge is 2.23. The van der Waals surface area contributed by atoms with Crippen molar-refractivity contribution in [2.75, 3.05) is 17.7 Å². The van der Waals surface area contributed by atoms with E-state index in [4.69, 9.17) is 4.74 Å². The van der Waals surface area contributed by atoms with E-state index in [0.29, 0.717) is 11.5 Å². The summed E-state index contributed by atoms with van der Waals surface area (Å²) in [6.07, 6.45) is 0.865. The Morgan fingerprint density at radius 2 is 1.74 bits per heavy atom. The Hall–Kier alpha value is -3.71. The lowest BCUT2D eigenvalue weighted by molar-refractivity contribution is 0.102. The van der Waals surface area contributed by atoms with Gasteiger partial charge in [0.15, 0.2) is 0 Å². The number of amides is 1. The molecular weight excluding hydrogens is 444 g/mol. The number of rotatable bonds is 8. The maximum absolute atomic E-state index is 13.0. The van der Waals surface area contributed by atoms with Crippen molar-refractivity contribution in [3.63, 3.8) is 0 Å². The largest absolute Gasteiger partial charge is 0.497 e. The van der Waals surface area contributed by atoms with Gasteiger partial charge in [0, 0.05) is 27.4 Å².